The second-order valence-electron chi connectivity index (χ2n) is 2.51. The first-order valence-corrected chi connectivity index (χ1v) is 4.29. The van der Waals surface area contributed by atoms with Crippen molar-refractivity contribution in [3.8, 4) is 6.07 Å². The van der Waals surface area contributed by atoms with E-state index in [1.165, 1.54) is 0 Å². The number of carbonyl (C=O) groups is 1. The van der Waals surface area contributed by atoms with Crippen LogP contribution in [0.5, 0.6) is 0 Å². The molecule has 1 aromatic carbocycles. The van der Waals surface area contributed by atoms with Gasteiger partial charge in [0.25, 0.3) is 0 Å². The van der Waals surface area contributed by atoms with E-state index in [2.05, 4.69) is 15.9 Å². The zero-order valence-corrected chi connectivity index (χ0v) is 8.42. The van der Waals surface area contributed by atoms with Crippen LogP contribution in [0.15, 0.2) is 16.6 Å². The number of hydrogen-bond acceptors (Lipinski definition) is 2. The lowest BCUT2D eigenvalue weighted by Crippen LogP contribution is -2.02. The summed E-state index contributed by atoms with van der Waals surface area (Å²) in [5, 5.41) is 17.5. The number of benzene rings is 1. The fourth-order valence-corrected chi connectivity index (χ4v) is 1.66. The van der Waals surface area contributed by atoms with Gasteiger partial charge in [0, 0.05) is 4.47 Å². The van der Waals surface area contributed by atoms with Crippen molar-refractivity contribution in [3.63, 3.8) is 0 Å². The van der Waals surface area contributed by atoms with E-state index in [0.717, 1.165) is 0 Å². The van der Waals surface area contributed by atoms with Gasteiger partial charge in [-0.3, -0.25) is 0 Å². The molecule has 0 saturated heterocycles. The Labute approximate surface area is 83.7 Å². The molecule has 3 nitrogen and oxygen atoms in total. The van der Waals surface area contributed by atoms with Crippen molar-refractivity contribution < 1.29 is 9.90 Å². The molecule has 0 unspecified atom stereocenters. The molecular weight excluding hydrogens is 234 g/mol. The van der Waals surface area contributed by atoms with E-state index < -0.39 is 5.97 Å². The number of nitrogens with zero attached hydrogens (tertiary/aromatic N) is 1. The molecule has 1 aromatic rings. The van der Waals surface area contributed by atoms with Crippen molar-refractivity contribution in [2.75, 3.05) is 0 Å². The van der Waals surface area contributed by atoms with Crippen LogP contribution in [0.25, 0.3) is 0 Å². The van der Waals surface area contributed by atoms with Crippen LogP contribution in [-0.4, -0.2) is 11.1 Å². The summed E-state index contributed by atoms with van der Waals surface area (Å²) in [6, 6.07) is 5.09. The Morgan fingerprint density at radius 2 is 2.23 bits per heavy atom. The van der Waals surface area contributed by atoms with Crippen LogP contribution in [0.4, 0.5) is 0 Å². The van der Waals surface area contributed by atoms with Gasteiger partial charge in [-0.2, -0.15) is 5.26 Å². The van der Waals surface area contributed by atoms with Gasteiger partial charge >= 0.3 is 5.97 Å². The molecular formula is C9H6BrNO2. The number of halogens is 1. The van der Waals surface area contributed by atoms with Gasteiger partial charge in [-0.25, -0.2) is 4.79 Å². The summed E-state index contributed by atoms with van der Waals surface area (Å²) >= 11 is 3.12. The van der Waals surface area contributed by atoms with E-state index in [0.29, 0.717) is 15.6 Å². The molecule has 0 saturated carbocycles. The first-order valence-electron chi connectivity index (χ1n) is 3.50. The maximum absolute atomic E-state index is 10.8. The summed E-state index contributed by atoms with van der Waals surface area (Å²) in [6.07, 6.45) is 0. The summed E-state index contributed by atoms with van der Waals surface area (Å²) in [4.78, 5) is 10.8. The second-order valence-corrected chi connectivity index (χ2v) is 3.37. The number of nitriles is 1. The highest BCUT2D eigenvalue weighted by molar-refractivity contribution is 9.10. The number of hydrogen-bond donors (Lipinski definition) is 1. The van der Waals surface area contributed by atoms with Crippen molar-refractivity contribution in [2.45, 2.75) is 6.92 Å². The lowest BCUT2D eigenvalue weighted by Gasteiger charge is -2.04. The van der Waals surface area contributed by atoms with Crippen molar-refractivity contribution in [1.29, 1.82) is 5.26 Å². The van der Waals surface area contributed by atoms with E-state index in [4.69, 9.17) is 10.4 Å². The molecule has 0 aromatic heterocycles. The molecule has 0 atom stereocenters. The highest BCUT2D eigenvalue weighted by Gasteiger charge is 2.14. The third kappa shape index (κ3) is 1.70. The summed E-state index contributed by atoms with van der Waals surface area (Å²) in [5.74, 6) is -1.03. The van der Waals surface area contributed by atoms with Gasteiger partial charge in [-0.05, 0) is 40.5 Å². The Balaban J connectivity index is 3.50. The van der Waals surface area contributed by atoms with E-state index in [9.17, 15) is 4.79 Å². The molecule has 0 radical (unpaired) electrons. The van der Waals surface area contributed by atoms with Gasteiger partial charge in [0.2, 0.25) is 0 Å². The quantitative estimate of drug-likeness (QED) is 0.819. The van der Waals surface area contributed by atoms with E-state index >= 15 is 0 Å². The summed E-state index contributed by atoms with van der Waals surface area (Å²) in [6.45, 7) is 1.62. The standard InChI is InChI=1S/C9H6BrNO2/c1-5-6(4-11)2-3-7(10)8(5)9(12)13/h2-3H,1H3,(H,12,13). The predicted octanol–water partition coefficient (Wildman–Crippen LogP) is 2.33. The molecule has 13 heavy (non-hydrogen) atoms. The van der Waals surface area contributed by atoms with Crippen molar-refractivity contribution >= 4 is 21.9 Å². The maximum Gasteiger partial charge on any atom is 0.337 e. The predicted molar refractivity (Wildman–Crippen MR) is 50.6 cm³/mol. The van der Waals surface area contributed by atoms with Gasteiger partial charge < -0.3 is 5.11 Å². The smallest absolute Gasteiger partial charge is 0.337 e. The Hall–Kier alpha value is -1.34. The molecule has 0 aliphatic carbocycles. The normalized spacial score (nSPS) is 9.31. The highest BCUT2D eigenvalue weighted by Crippen LogP contribution is 2.22. The Morgan fingerprint density at radius 1 is 1.62 bits per heavy atom. The van der Waals surface area contributed by atoms with Crippen LogP contribution in [0.1, 0.15) is 21.5 Å². The molecule has 0 spiro atoms. The first kappa shape index (κ1) is 9.75. The van der Waals surface area contributed by atoms with Gasteiger partial charge in [-0.1, -0.05) is 0 Å². The van der Waals surface area contributed by atoms with Crippen LogP contribution in [0.3, 0.4) is 0 Å². The fourth-order valence-electron chi connectivity index (χ4n) is 1.06. The topological polar surface area (TPSA) is 61.1 Å². The second kappa shape index (κ2) is 3.58. The van der Waals surface area contributed by atoms with Crippen molar-refractivity contribution in [2.24, 2.45) is 0 Å². The third-order valence-electron chi connectivity index (χ3n) is 1.75. The van der Waals surface area contributed by atoms with Gasteiger partial charge in [0.1, 0.15) is 0 Å². The van der Waals surface area contributed by atoms with E-state index in [1.807, 2.05) is 6.07 Å². The number of aromatic carboxylic acids is 1. The minimum Gasteiger partial charge on any atom is -0.478 e. The lowest BCUT2D eigenvalue weighted by atomic mass is 10.0. The maximum atomic E-state index is 10.8. The van der Waals surface area contributed by atoms with Gasteiger partial charge in [-0.15, -0.1) is 0 Å². The monoisotopic (exact) mass is 239 g/mol. The van der Waals surface area contributed by atoms with Crippen molar-refractivity contribution in [3.05, 3.63) is 33.3 Å². The third-order valence-corrected chi connectivity index (χ3v) is 2.41. The molecule has 0 aliphatic heterocycles. The zero-order valence-electron chi connectivity index (χ0n) is 6.84. The van der Waals surface area contributed by atoms with Crippen LogP contribution in [0, 0.1) is 18.3 Å². The molecule has 0 aliphatic rings. The first-order chi connectivity index (χ1) is 6.07. The minimum absolute atomic E-state index is 0.152. The molecule has 1 rings (SSSR count). The van der Waals surface area contributed by atoms with Crippen LogP contribution < -0.4 is 0 Å². The Morgan fingerprint density at radius 3 is 2.69 bits per heavy atom. The van der Waals surface area contributed by atoms with E-state index in [1.54, 1.807) is 19.1 Å². The lowest BCUT2D eigenvalue weighted by molar-refractivity contribution is 0.0695. The molecule has 0 amide bonds. The Bertz CT molecular complexity index is 407. The number of rotatable bonds is 1. The molecule has 66 valence electrons. The van der Waals surface area contributed by atoms with Crippen LogP contribution in [-0.2, 0) is 0 Å². The number of carboxylic acids is 1. The van der Waals surface area contributed by atoms with E-state index in [-0.39, 0.29) is 5.56 Å². The summed E-state index contributed by atoms with van der Waals surface area (Å²) in [7, 11) is 0. The average molecular weight is 240 g/mol. The molecule has 4 heteroatoms. The summed E-state index contributed by atoms with van der Waals surface area (Å²) < 4.78 is 0.497. The highest BCUT2D eigenvalue weighted by atomic mass is 79.9. The largest absolute Gasteiger partial charge is 0.478 e. The molecule has 0 fully saturated rings. The molecule has 0 bridgehead atoms. The summed E-state index contributed by atoms with van der Waals surface area (Å²) in [5.41, 5.74) is 1.03. The van der Waals surface area contributed by atoms with Crippen LogP contribution in [0.2, 0.25) is 0 Å². The molecule has 0 heterocycles. The number of carboxylic acid groups (broad SMARTS) is 1. The SMILES string of the molecule is Cc1c(C#N)ccc(Br)c1C(=O)O. The minimum atomic E-state index is -1.03. The molecule has 1 N–H and O–H groups in total. The van der Waals surface area contributed by atoms with Gasteiger partial charge in [0.05, 0.1) is 17.2 Å². The van der Waals surface area contributed by atoms with Gasteiger partial charge in [0.15, 0.2) is 0 Å². The Kier molecular flexibility index (Phi) is 2.69. The fraction of sp³-hybridized carbons (Fsp3) is 0.111. The zero-order chi connectivity index (χ0) is 10.0. The van der Waals surface area contributed by atoms with Crippen molar-refractivity contribution in [1.82, 2.24) is 0 Å². The average Bonchev–Trinajstić information content (AvgIpc) is 2.04. The van der Waals surface area contributed by atoms with Crippen LogP contribution >= 0.6 is 15.9 Å².